The van der Waals surface area contributed by atoms with Crippen LogP contribution in [0.25, 0.3) is 0 Å². The second kappa shape index (κ2) is 2.71. The third kappa shape index (κ3) is 1.70. The second-order valence-corrected chi connectivity index (χ2v) is 2.93. The number of hydrogen-bond donors (Lipinski definition) is 1. The Morgan fingerprint density at radius 2 is 2.18 bits per heavy atom. The van der Waals surface area contributed by atoms with Crippen LogP contribution in [-0.4, -0.2) is 38.4 Å². The highest BCUT2D eigenvalue weighted by molar-refractivity contribution is 4.82. The Labute approximate surface area is 65.8 Å². The van der Waals surface area contributed by atoms with Crippen molar-refractivity contribution in [1.29, 1.82) is 0 Å². The maximum atomic E-state index is 5.33. The van der Waals surface area contributed by atoms with Crippen LogP contribution in [0.4, 0.5) is 0 Å². The minimum Gasteiger partial charge on any atom is -0.351 e. The lowest BCUT2D eigenvalue weighted by molar-refractivity contribution is 0.0405. The van der Waals surface area contributed by atoms with Gasteiger partial charge in [0.25, 0.3) is 0 Å². The minimum absolute atomic E-state index is 0.0247. The highest BCUT2D eigenvalue weighted by Crippen LogP contribution is 2.25. The summed E-state index contributed by atoms with van der Waals surface area (Å²) in [5.41, 5.74) is 0. The molecule has 0 spiro atoms. The van der Waals surface area contributed by atoms with Crippen LogP contribution in [0, 0.1) is 0 Å². The van der Waals surface area contributed by atoms with E-state index in [-0.39, 0.29) is 24.7 Å². The Morgan fingerprint density at radius 1 is 1.45 bits per heavy atom. The van der Waals surface area contributed by atoms with Gasteiger partial charge < -0.3 is 14.2 Å². The van der Waals surface area contributed by atoms with E-state index in [0.717, 1.165) is 0 Å². The van der Waals surface area contributed by atoms with Crippen molar-refractivity contribution < 1.29 is 14.2 Å². The lowest BCUT2D eigenvalue weighted by Gasteiger charge is -1.94. The Bertz CT molecular complexity index is 153. The lowest BCUT2D eigenvalue weighted by atomic mass is 10.4. The molecular formula is C7H13NO3. The molecule has 4 unspecified atom stereocenters. The normalized spacial score (nSPS) is 47.5. The third-order valence-corrected chi connectivity index (χ3v) is 1.95. The Balaban J connectivity index is 1.55. The van der Waals surface area contributed by atoms with Gasteiger partial charge in [0.2, 0.25) is 0 Å². The van der Waals surface area contributed by atoms with Gasteiger partial charge in [-0.2, -0.15) is 0 Å². The molecule has 2 rings (SSSR count). The van der Waals surface area contributed by atoms with E-state index >= 15 is 0 Å². The molecule has 0 aromatic heterocycles. The minimum atomic E-state index is 0.0247. The van der Waals surface area contributed by atoms with Crippen LogP contribution in [-0.2, 0) is 14.2 Å². The van der Waals surface area contributed by atoms with Gasteiger partial charge >= 0.3 is 0 Å². The van der Waals surface area contributed by atoms with Gasteiger partial charge in [0.15, 0.2) is 6.29 Å². The number of ether oxygens (including phenoxy) is 3. The summed E-state index contributed by atoms with van der Waals surface area (Å²) in [6.07, 6.45) is 0.735. The summed E-state index contributed by atoms with van der Waals surface area (Å²) in [5, 5.41) is 3.00. The monoisotopic (exact) mass is 159 g/mol. The zero-order valence-corrected chi connectivity index (χ0v) is 6.74. The van der Waals surface area contributed by atoms with Gasteiger partial charge in [-0.05, 0) is 14.0 Å². The molecule has 11 heavy (non-hydrogen) atoms. The average molecular weight is 159 g/mol. The van der Waals surface area contributed by atoms with Crippen LogP contribution in [0.1, 0.15) is 6.92 Å². The number of hydrogen-bond acceptors (Lipinski definition) is 4. The Kier molecular flexibility index (Phi) is 1.85. The third-order valence-electron chi connectivity index (χ3n) is 1.95. The maximum Gasteiger partial charge on any atom is 0.184 e. The number of nitrogens with one attached hydrogen (secondary N) is 1. The van der Waals surface area contributed by atoms with Crippen LogP contribution in [0.2, 0.25) is 0 Å². The largest absolute Gasteiger partial charge is 0.351 e. The molecule has 64 valence electrons. The van der Waals surface area contributed by atoms with Crippen LogP contribution >= 0.6 is 0 Å². The van der Waals surface area contributed by atoms with Gasteiger partial charge in [-0.15, -0.1) is 0 Å². The van der Waals surface area contributed by atoms with E-state index in [4.69, 9.17) is 14.2 Å². The zero-order valence-electron chi connectivity index (χ0n) is 6.74. The van der Waals surface area contributed by atoms with Crippen molar-refractivity contribution in [1.82, 2.24) is 5.32 Å². The van der Waals surface area contributed by atoms with Gasteiger partial charge in [-0.1, -0.05) is 0 Å². The van der Waals surface area contributed by atoms with E-state index in [2.05, 4.69) is 5.32 Å². The van der Waals surface area contributed by atoms with Crippen molar-refractivity contribution in [3.8, 4) is 0 Å². The van der Waals surface area contributed by atoms with Crippen LogP contribution in [0.3, 0.4) is 0 Å². The SMILES string of the molecule is CNC1OC1COC1OC1C. The van der Waals surface area contributed by atoms with Crippen LogP contribution in [0.5, 0.6) is 0 Å². The number of likely N-dealkylation sites (N-methyl/N-ethyl adjacent to an activating group) is 1. The van der Waals surface area contributed by atoms with E-state index in [9.17, 15) is 0 Å². The molecule has 0 saturated carbocycles. The molecule has 0 aromatic carbocycles. The summed E-state index contributed by atoms with van der Waals surface area (Å²) in [6, 6.07) is 0. The van der Waals surface area contributed by atoms with Gasteiger partial charge in [-0.3, -0.25) is 5.32 Å². The second-order valence-electron chi connectivity index (χ2n) is 2.93. The topological polar surface area (TPSA) is 46.3 Å². The molecule has 0 radical (unpaired) electrons. The van der Waals surface area contributed by atoms with Gasteiger partial charge in [-0.25, -0.2) is 0 Å². The number of epoxide rings is 2. The predicted octanol–water partition coefficient (Wildman–Crippen LogP) is -0.308. The highest BCUT2D eigenvalue weighted by atomic mass is 16.8. The van der Waals surface area contributed by atoms with E-state index in [1.165, 1.54) is 0 Å². The molecule has 2 aliphatic rings. The first-order valence-electron chi connectivity index (χ1n) is 3.91. The molecule has 1 N–H and O–H groups in total. The van der Waals surface area contributed by atoms with Crippen LogP contribution < -0.4 is 5.32 Å². The van der Waals surface area contributed by atoms with Gasteiger partial charge in [0.05, 0.1) is 6.61 Å². The molecule has 2 aliphatic heterocycles. The molecule has 4 atom stereocenters. The quantitative estimate of drug-likeness (QED) is 0.572. The smallest absolute Gasteiger partial charge is 0.184 e. The first-order valence-corrected chi connectivity index (χ1v) is 3.91. The lowest BCUT2D eigenvalue weighted by Crippen LogP contribution is -2.17. The summed E-state index contributed by atoms with van der Waals surface area (Å²) in [7, 11) is 1.88. The molecule has 2 saturated heterocycles. The highest BCUT2D eigenvalue weighted by Gasteiger charge is 2.42. The zero-order chi connectivity index (χ0) is 7.84. The molecule has 0 amide bonds. The summed E-state index contributed by atoms with van der Waals surface area (Å²) in [6.45, 7) is 2.63. The predicted molar refractivity (Wildman–Crippen MR) is 38.0 cm³/mol. The van der Waals surface area contributed by atoms with E-state index in [0.29, 0.717) is 6.61 Å². The molecule has 2 fully saturated rings. The van der Waals surface area contributed by atoms with Crippen molar-refractivity contribution >= 4 is 0 Å². The molecule has 4 heteroatoms. The average Bonchev–Trinajstić information content (AvgIpc) is 2.83. The molecule has 2 heterocycles. The van der Waals surface area contributed by atoms with E-state index < -0.39 is 0 Å². The molecule has 0 aromatic rings. The molecular weight excluding hydrogens is 146 g/mol. The Hall–Kier alpha value is -0.160. The summed E-state index contributed by atoms with van der Waals surface area (Å²) < 4.78 is 15.6. The molecule has 4 nitrogen and oxygen atoms in total. The first kappa shape index (κ1) is 7.49. The standard InChI is InChI=1S/C7H13NO3/c1-4-7(10-4)9-3-5-6(8-2)11-5/h4-8H,3H2,1-2H3. The van der Waals surface area contributed by atoms with E-state index in [1.807, 2.05) is 14.0 Å². The summed E-state index contributed by atoms with van der Waals surface area (Å²) in [5.74, 6) is 0. The summed E-state index contributed by atoms with van der Waals surface area (Å²) >= 11 is 0. The van der Waals surface area contributed by atoms with Crippen molar-refractivity contribution in [3.63, 3.8) is 0 Å². The van der Waals surface area contributed by atoms with Gasteiger partial charge in [0, 0.05) is 0 Å². The van der Waals surface area contributed by atoms with Crippen molar-refractivity contribution in [3.05, 3.63) is 0 Å². The van der Waals surface area contributed by atoms with Crippen molar-refractivity contribution in [2.75, 3.05) is 13.7 Å². The van der Waals surface area contributed by atoms with Crippen molar-refractivity contribution in [2.24, 2.45) is 0 Å². The molecule has 0 aliphatic carbocycles. The fourth-order valence-electron chi connectivity index (χ4n) is 1.05. The first-order chi connectivity index (χ1) is 5.31. The molecule has 0 bridgehead atoms. The fraction of sp³-hybridized carbons (Fsp3) is 1.00. The Morgan fingerprint density at radius 3 is 2.64 bits per heavy atom. The number of rotatable bonds is 4. The maximum absolute atomic E-state index is 5.33. The van der Waals surface area contributed by atoms with Gasteiger partial charge in [0.1, 0.15) is 18.4 Å². The fourth-order valence-corrected chi connectivity index (χ4v) is 1.05. The van der Waals surface area contributed by atoms with Crippen molar-refractivity contribution in [2.45, 2.75) is 31.6 Å². The van der Waals surface area contributed by atoms with E-state index in [1.54, 1.807) is 0 Å². The van der Waals surface area contributed by atoms with Crippen LogP contribution in [0.15, 0.2) is 0 Å². The summed E-state index contributed by atoms with van der Waals surface area (Å²) in [4.78, 5) is 0.